The third-order valence-corrected chi connectivity index (χ3v) is 8.72. The summed E-state index contributed by atoms with van der Waals surface area (Å²) in [5, 5.41) is 31.5. The Morgan fingerprint density at radius 1 is 1.29 bits per heavy atom. The summed E-state index contributed by atoms with van der Waals surface area (Å²) in [6, 6.07) is 0. The van der Waals surface area contributed by atoms with Crippen LogP contribution in [0.15, 0.2) is 23.8 Å². The molecule has 0 bridgehead atoms. The number of hydrogen-bond donors (Lipinski definition) is 3. The molecular formula is C22H29FO5. The van der Waals surface area contributed by atoms with Crippen LogP contribution in [0.5, 0.6) is 0 Å². The molecule has 0 amide bonds. The highest BCUT2D eigenvalue weighted by Crippen LogP contribution is 2.70. The zero-order valence-corrected chi connectivity index (χ0v) is 16.4. The van der Waals surface area contributed by atoms with Gasteiger partial charge in [-0.25, -0.2) is 4.39 Å². The summed E-state index contributed by atoms with van der Waals surface area (Å²) in [5.41, 5.74) is -4.15. The van der Waals surface area contributed by atoms with Crippen molar-refractivity contribution in [1.82, 2.24) is 0 Å². The van der Waals surface area contributed by atoms with Gasteiger partial charge in [-0.3, -0.25) is 9.59 Å². The van der Waals surface area contributed by atoms with Crippen molar-refractivity contribution >= 4 is 11.8 Å². The number of fused-ring (bicyclic) bond motifs is 5. The van der Waals surface area contributed by atoms with Gasteiger partial charge in [-0.05, 0) is 63.5 Å². The van der Waals surface area contributed by atoms with Crippen LogP contribution in [0.4, 0.5) is 4.39 Å². The number of aliphatic hydroxyl groups is 2. The number of halogens is 1. The predicted molar refractivity (Wildman–Crippen MR) is 100 cm³/mol. The van der Waals surface area contributed by atoms with Crippen LogP contribution in [0.1, 0.15) is 58.8 Å². The number of allylic oxidation sites excluding steroid dienone is 4. The van der Waals surface area contributed by atoms with E-state index < -0.39 is 40.1 Å². The van der Waals surface area contributed by atoms with Crippen LogP contribution in [-0.4, -0.2) is 44.4 Å². The van der Waals surface area contributed by atoms with Crippen LogP contribution in [0.25, 0.3) is 0 Å². The minimum atomic E-state index is -1.91. The van der Waals surface area contributed by atoms with Crippen molar-refractivity contribution in [2.75, 3.05) is 0 Å². The van der Waals surface area contributed by atoms with E-state index in [0.717, 1.165) is 5.57 Å². The van der Waals surface area contributed by atoms with E-state index in [1.807, 2.05) is 6.92 Å². The van der Waals surface area contributed by atoms with E-state index in [2.05, 4.69) is 0 Å². The summed E-state index contributed by atoms with van der Waals surface area (Å²) in [4.78, 5) is 22.9. The van der Waals surface area contributed by atoms with Gasteiger partial charge in [-0.1, -0.05) is 18.6 Å². The molecule has 0 saturated heterocycles. The summed E-state index contributed by atoms with van der Waals surface area (Å²) in [7, 11) is 0. The maximum atomic E-state index is 16.8. The summed E-state index contributed by atoms with van der Waals surface area (Å²) in [5.74, 6) is -1.69. The number of carbonyl (C=O) groups is 2. The van der Waals surface area contributed by atoms with Crippen molar-refractivity contribution < 1.29 is 29.3 Å². The fourth-order valence-corrected chi connectivity index (χ4v) is 7.03. The number of rotatable bonds is 3. The molecule has 3 saturated carbocycles. The van der Waals surface area contributed by atoms with Crippen molar-refractivity contribution in [3.8, 4) is 0 Å². The number of carboxylic acids is 1. The third-order valence-electron chi connectivity index (χ3n) is 8.72. The van der Waals surface area contributed by atoms with Gasteiger partial charge in [0.2, 0.25) is 0 Å². The second kappa shape index (κ2) is 5.99. The van der Waals surface area contributed by atoms with Gasteiger partial charge in [-0.15, -0.1) is 0 Å². The summed E-state index contributed by atoms with van der Waals surface area (Å²) >= 11 is 0. The molecule has 4 rings (SSSR count). The molecule has 0 aromatic heterocycles. The van der Waals surface area contributed by atoms with E-state index in [1.165, 1.54) is 12.2 Å². The fourth-order valence-electron chi connectivity index (χ4n) is 7.03. The predicted octanol–water partition coefficient (Wildman–Crippen LogP) is 2.95. The van der Waals surface area contributed by atoms with Crippen LogP contribution >= 0.6 is 0 Å². The van der Waals surface area contributed by atoms with Crippen LogP contribution < -0.4 is 0 Å². The zero-order valence-electron chi connectivity index (χ0n) is 16.4. The van der Waals surface area contributed by atoms with Gasteiger partial charge in [0, 0.05) is 23.2 Å². The average molecular weight is 392 g/mol. The van der Waals surface area contributed by atoms with Crippen molar-refractivity contribution in [3.63, 3.8) is 0 Å². The van der Waals surface area contributed by atoms with E-state index >= 15 is 4.39 Å². The lowest BCUT2D eigenvalue weighted by atomic mass is 9.44. The number of ketones is 1. The molecule has 0 aromatic carbocycles. The van der Waals surface area contributed by atoms with Gasteiger partial charge < -0.3 is 15.3 Å². The number of aliphatic carboxylic acids is 1. The van der Waals surface area contributed by atoms with Gasteiger partial charge in [0.25, 0.3) is 0 Å². The second-order valence-electron chi connectivity index (χ2n) is 9.73. The quantitative estimate of drug-likeness (QED) is 0.686. The molecule has 0 aliphatic heterocycles. The van der Waals surface area contributed by atoms with Gasteiger partial charge in [-0.2, -0.15) is 0 Å². The molecule has 0 radical (unpaired) electrons. The molecule has 4 aliphatic rings. The fraction of sp³-hybridized carbons (Fsp3) is 0.727. The Kier molecular flexibility index (Phi) is 4.23. The number of carboxylic acid groups (broad SMARTS) is 1. The minimum absolute atomic E-state index is 0.0887. The lowest BCUT2D eigenvalue weighted by molar-refractivity contribution is -0.219. The van der Waals surface area contributed by atoms with E-state index in [0.29, 0.717) is 25.7 Å². The maximum Gasteiger partial charge on any atom is 0.303 e. The van der Waals surface area contributed by atoms with Crippen molar-refractivity contribution in [2.24, 2.45) is 22.7 Å². The Morgan fingerprint density at radius 3 is 2.68 bits per heavy atom. The highest BCUT2D eigenvalue weighted by atomic mass is 19.1. The first-order valence-electron chi connectivity index (χ1n) is 10.2. The van der Waals surface area contributed by atoms with Crippen LogP contribution in [0.2, 0.25) is 0 Å². The van der Waals surface area contributed by atoms with Crippen LogP contribution in [-0.2, 0) is 9.59 Å². The highest BCUT2D eigenvalue weighted by molar-refractivity contribution is 6.01. The maximum absolute atomic E-state index is 16.8. The van der Waals surface area contributed by atoms with Crippen molar-refractivity contribution in [3.05, 3.63) is 23.8 Å². The van der Waals surface area contributed by atoms with Crippen molar-refractivity contribution in [2.45, 2.75) is 76.2 Å². The Hall–Kier alpha value is -1.53. The van der Waals surface area contributed by atoms with Crippen LogP contribution in [0.3, 0.4) is 0 Å². The Labute approximate surface area is 164 Å². The molecule has 3 fully saturated rings. The van der Waals surface area contributed by atoms with Gasteiger partial charge in [0.1, 0.15) is 0 Å². The Balaban J connectivity index is 1.74. The molecule has 0 spiro atoms. The first kappa shape index (κ1) is 19.8. The summed E-state index contributed by atoms with van der Waals surface area (Å²) in [6.45, 7) is 3.66. The molecule has 5 nitrogen and oxygen atoms in total. The molecule has 28 heavy (non-hydrogen) atoms. The van der Waals surface area contributed by atoms with E-state index in [-0.39, 0.29) is 31.0 Å². The molecular weight excluding hydrogens is 363 g/mol. The standard InChI is InChI=1S/C22H29FO5/c1-19-8-5-14(24)11-13(19)3-4-16-15-6-9-21(28,10-7-18(26)27)20(15,2)12-17(25)22(16,19)23/h5,8,11,15-17,25,28H,3-4,6-7,9-10,12H2,1-2H3,(H,26,27)/t15-,16-,17?,19-,20-,21-,22-/m0/s1. The minimum Gasteiger partial charge on any atom is -0.481 e. The van der Waals surface area contributed by atoms with Gasteiger partial charge in [0.05, 0.1) is 11.7 Å². The smallest absolute Gasteiger partial charge is 0.303 e. The first-order valence-corrected chi connectivity index (χ1v) is 10.2. The molecule has 3 N–H and O–H groups in total. The number of alkyl halides is 1. The topological polar surface area (TPSA) is 94.8 Å². The Bertz CT molecular complexity index is 790. The largest absolute Gasteiger partial charge is 0.481 e. The third kappa shape index (κ3) is 2.31. The van der Waals surface area contributed by atoms with E-state index in [4.69, 9.17) is 5.11 Å². The summed E-state index contributed by atoms with van der Waals surface area (Å²) in [6.07, 6.45) is 5.45. The molecule has 0 aromatic rings. The molecule has 154 valence electrons. The molecule has 4 aliphatic carbocycles. The SMILES string of the molecule is C[C@]12C=CC(=O)C=C1CC[C@H]1[C@@H]3CC[C@](O)(CCC(=O)O)[C@@]3(C)CC(O)[C@@]12F. The average Bonchev–Trinajstić information content (AvgIpc) is 2.87. The second-order valence-corrected chi connectivity index (χ2v) is 9.73. The normalized spacial score (nSPS) is 49.8. The highest BCUT2D eigenvalue weighted by Gasteiger charge is 2.72. The van der Waals surface area contributed by atoms with E-state index in [9.17, 15) is 19.8 Å². The van der Waals surface area contributed by atoms with Gasteiger partial charge in [0.15, 0.2) is 11.5 Å². The number of hydrogen-bond acceptors (Lipinski definition) is 4. The van der Waals surface area contributed by atoms with E-state index in [1.54, 1.807) is 13.0 Å². The molecule has 7 atom stereocenters. The number of aliphatic hydroxyl groups excluding tert-OH is 1. The lowest BCUT2D eigenvalue weighted by Gasteiger charge is -2.62. The molecule has 6 heteroatoms. The first-order chi connectivity index (χ1) is 13.0. The molecule has 0 heterocycles. The monoisotopic (exact) mass is 392 g/mol. The Morgan fingerprint density at radius 2 is 2.00 bits per heavy atom. The summed E-state index contributed by atoms with van der Waals surface area (Å²) < 4.78 is 16.8. The van der Waals surface area contributed by atoms with Gasteiger partial charge >= 0.3 is 5.97 Å². The van der Waals surface area contributed by atoms with Crippen molar-refractivity contribution in [1.29, 1.82) is 0 Å². The molecule has 1 unspecified atom stereocenters. The number of carbonyl (C=O) groups excluding carboxylic acids is 1. The zero-order chi connectivity index (χ0) is 20.5. The van der Waals surface area contributed by atoms with Crippen LogP contribution in [0, 0.1) is 22.7 Å². The lowest BCUT2D eigenvalue weighted by Crippen LogP contribution is -2.68.